The van der Waals surface area contributed by atoms with Crippen LogP contribution in [0.2, 0.25) is 0 Å². The number of rotatable bonds is 23. The van der Waals surface area contributed by atoms with Crippen molar-refractivity contribution in [1.82, 2.24) is 0 Å². The van der Waals surface area contributed by atoms with Gasteiger partial charge in [-0.2, -0.15) is 0 Å². The quantitative estimate of drug-likeness (QED) is 0.0594. The normalized spacial score (nSPS) is 10.7. The molecule has 0 atom stereocenters. The molecule has 4 aromatic carbocycles. The fourth-order valence-electron chi connectivity index (χ4n) is 5.68. The second kappa shape index (κ2) is 23.2. The summed E-state index contributed by atoms with van der Waals surface area (Å²) in [4.78, 5) is 0. The largest absolute Gasteiger partial charge is 0.494 e. The van der Waals surface area contributed by atoms with Crippen molar-refractivity contribution in [1.29, 1.82) is 0 Å². The zero-order valence-corrected chi connectivity index (χ0v) is 29.3. The summed E-state index contributed by atoms with van der Waals surface area (Å²) in [7, 11) is 0. The van der Waals surface area contributed by atoms with Gasteiger partial charge in [0.25, 0.3) is 0 Å². The van der Waals surface area contributed by atoms with Crippen LogP contribution < -0.4 is 14.2 Å². The molecule has 0 aliphatic heterocycles. The zero-order chi connectivity index (χ0) is 33.3. The molecule has 0 saturated carbocycles. The number of unbranched alkanes of at least 4 members (excludes halogenated alkanes) is 13. The highest BCUT2D eigenvalue weighted by Gasteiger charge is 2.02. The van der Waals surface area contributed by atoms with Gasteiger partial charge < -0.3 is 14.2 Å². The van der Waals surface area contributed by atoms with Gasteiger partial charge in [-0.25, -0.2) is 0 Å². The Labute approximate surface area is 291 Å². The molecule has 0 radical (unpaired) electrons. The molecule has 254 valence electrons. The molecule has 0 heterocycles. The predicted octanol–water partition coefficient (Wildman–Crippen LogP) is 12.5. The molecule has 0 aliphatic carbocycles. The summed E-state index contributed by atoms with van der Waals surface area (Å²) in [5.41, 5.74) is 4.45. The van der Waals surface area contributed by atoms with Gasteiger partial charge in [0, 0.05) is 11.1 Å². The summed E-state index contributed by atoms with van der Waals surface area (Å²) >= 11 is 0. The lowest BCUT2D eigenvalue weighted by Gasteiger charge is -2.09. The number of hydrogen-bond donors (Lipinski definition) is 0. The molecule has 3 nitrogen and oxygen atoms in total. The van der Waals surface area contributed by atoms with Gasteiger partial charge in [-0.05, 0) is 91.1 Å². The van der Waals surface area contributed by atoms with E-state index in [0.717, 1.165) is 67.5 Å². The predicted molar refractivity (Wildman–Crippen MR) is 202 cm³/mol. The number of ether oxygens (including phenoxy) is 3. The average molecular weight is 645 g/mol. The first-order chi connectivity index (χ1) is 23.8. The van der Waals surface area contributed by atoms with Crippen molar-refractivity contribution in [3.63, 3.8) is 0 Å². The third-order valence-electron chi connectivity index (χ3n) is 8.61. The van der Waals surface area contributed by atoms with E-state index in [2.05, 4.69) is 67.3 Å². The van der Waals surface area contributed by atoms with E-state index >= 15 is 0 Å². The molecule has 0 fully saturated rings. The summed E-state index contributed by atoms with van der Waals surface area (Å²) in [6.07, 6.45) is 18.9. The van der Waals surface area contributed by atoms with Crippen molar-refractivity contribution >= 4 is 0 Å². The van der Waals surface area contributed by atoms with Crippen LogP contribution in [-0.4, -0.2) is 19.8 Å². The number of hydrogen-bond acceptors (Lipinski definition) is 3. The second-order valence-corrected chi connectivity index (χ2v) is 12.7. The van der Waals surface area contributed by atoms with Gasteiger partial charge in [-0.15, -0.1) is 0 Å². The highest BCUT2D eigenvalue weighted by atomic mass is 16.5. The van der Waals surface area contributed by atoms with Crippen molar-refractivity contribution < 1.29 is 14.2 Å². The first-order valence-corrected chi connectivity index (χ1v) is 18.6. The Morgan fingerprint density at radius 3 is 1.08 bits per heavy atom. The van der Waals surface area contributed by atoms with Gasteiger partial charge in [-0.3, -0.25) is 0 Å². The van der Waals surface area contributed by atoms with Gasteiger partial charge in [0.15, 0.2) is 0 Å². The third kappa shape index (κ3) is 15.2. The Kier molecular flexibility index (Phi) is 17.7. The van der Waals surface area contributed by atoms with Gasteiger partial charge in [-0.1, -0.05) is 138 Å². The molecule has 0 aliphatic rings. The van der Waals surface area contributed by atoms with Gasteiger partial charge in [0.05, 0.1) is 19.8 Å². The lowest BCUT2D eigenvalue weighted by molar-refractivity contribution is 0.303. The van der Waals surface area contributed by atoms with Crippen LogP contribution in [0.4, 0.5) is 0 Å². The highest BCUT2D eigenvalue weighted by molar-refractivity contribution is 5.64. The summed E-state index contributed by atoms with van der Waals surface area (Å²) < 4.78 is 17.8. The molecule has 48 heavy (non-hydrogen) atoms. The van der Waals surface area contributed by atoms with E-state index in [1.807, 2.05) is 54.6 Å². The van der Waals surface area contributed by atoms with Gasteiger partial charge in [0.1, 0.15) is 17.2 Å². The summed E-state index contributed by atoms with van der Waals surface area (Å²) in [6.45, 7) is 4.62. The Bertz CT molecular complexity index is 1430. The molecule has 0 N–H and O–H groups in total. The van der Waals surface area contributed by atoms with E-state index in [4.69, 9.17) is 14.2 Å². The monoisotopic (exact) mass is 644 g/mol. The van der Waals surface area contributed by atoms with Gasteiger partial charge >= 0.3 is 0 Å². The Morgan fingerprint density at radius 1 is 0.354 bits per heavy atom. The molecule has 0 aromatic heterocycles. The topological polar surface area (TPSA) is 27.7 Å². The van der Waals surface area contributed by atoms with E-state index in [0.29, 0.717) is 0 Å². The molecule has 0 spiro atoms. The van der Waals surface area contributed by atoms with E-state index in [1.54, 1.807) is 0 Å². The fraction of sp³-hybridized carbons (Fsp3) is 0.422. The molecule has 4 rings (SSSR count). The van der Waals surface area contributed by atoms with Crippen LogP contribution in [-0.2, 0) is 0 Å². The second-order valence-electron chi connectivity index (χ2n) is 12.7. The fourth-order valence-corrected chi connectivity index (χ4v) is 5.68. The maximum Gasteiger partial charge on any atom is 0.119 e. The average Bonchev–Trinajstić information content (AvgIpc) is 3.14. The first-order valence-electron chi connectivity index (χ1n) is 18.6. The highest BCUT2D eigenvalue weighted by Crippen LogP contribution is 2.25. The van der Waals surface area contributed by atoms with Crippen molar-refractivity contribution in [2.24, 2.45) is 0 Å². The van der Waals surface area contributed by atoms with Crippen molar-refractivity contribution in [3.05, 3.63) is 114 Å². The first kappa shape index (κ1) is 36.7. The van der Waals surface area contributed by atoms with Crippen LogP contribution >= 0.6 is 0 Å². The SMILES string of the molecule is CCCCCCCOc1ccc(-c2ccc(OCCCCCCCCCCCCOc3ccc(C#Cc4ccccc4)cc3)cc2)cc1. The van der Waals surface area contributed by atoms with Crippen LogP contribution in [0.15, 0.2) is 103 Å². The Morgan fingerprint density at radius 2 is 0.688 bits per heavy atom. The molecule has 0 amide bonds. The maximum absolute atomic E-state index is 6.01. The Hall–Kier alpha value is -4.16. The van der Waals surface area contributed by atoms with E-state index in [1.165, 1.54) is 88.2 Å². The van der Waals surface area contributed by atoms with Crippen LogP contribution in [0.5, 0.6) is 17.2 Å². The third-order valence-corrected chi connectivity index (χ3v) is 8.61. The molecule has 3 heteroatoms. The lowest BCUT2D eigenvalue weighted by atomic mass is 10.1. The zero-order valence-electron chi connectivity index (χ0n) is 29.3. The van der Waals surface area contributed by atoms with Crippen LogP contribution in [0, 0.1) is 11.8 Å². The van der Waals surface area contributed by atoms with E-state index in [-0.39, 0.29) is 0 Å². The minimum absolute atomic E-state index is 0.782. The minimum Gasteiger partial charge on any atom is -0.494 e. The van der Waals surface area contributed by atoms with E-state index < -0.39 is 0 Å². The summed E-state index contributed by atoms with van der Waals surface area (Å²) in [5, 5.41) is 0. The lowest BCUT2D eigenvalue weighted by Crippen LogP contribution is -1.97. The molecular weight excluding hydrogens is 588 g/mol. The summed E-state index contributed by atoms with van der Waals surface area (Å²) in [6, 6.07) is 35.1. The number of benzene rings is 4. The van der Waals surface area contributed by atoms with Crippen LogP contribution in [0.25, 0.3) is 11.1 Å². The molecule has 0 unspecified atom stereocenters. The van der Waals surface area contributed by atoms with Crippen molar-refractivity contribution in [2.45, 2.75) is 103 Å². The minimum atomic E-state index is 0.782. The van der Waals surface area contributed by atoms with E-state index in [9.17, 15) is 0 Å². The summed E-state index contributed by atoms with van der Waals surface area (Å²) in [5.74, 6) is 9.24. The van der Waals surface area contributed by atoms with Gasteiger partial charge in [0.2, 0.25) is 0 Å². The van der Waals surface area contributed by atoms with Crippen LogP contribution in [0.1, 0.15) is 114 Å². The molecule has 4 aromatic rings. The maximum atomic E-state index is 6.01. The van der Waals surface area contributed by atoms with Crippen LogP contribution in [0.3, 0.4) is 0 Å². The molecular formula is C45H56O3. The standard InChI is InChI=1S/C45H56O3/c1-2-3-4-11-17-36-47-44-32-26-41(27-33-44)42-28-34-45(35-29-42)48-38-19-13-10-8-6-5-7-9-12-18-37-46-43-30-24-40(25-31-43)23-22-39-20-15-14-16-21-39/h14-16,20-21,24-35H,2-13,17-19,36-38H2,1H3. The Balaban J connectivity index is 0.940. The van der Waals surface area contributed by atoms with Crippen molar-refractivity contribution in [3.8, 4) is 40.2 Å². The molecule has 0 bridgehead atoms. The smallest absolute Gasteiger partial charge is 0.119 e. The van der Waals surface area contributed by atoms with Crippen molar-refractivity contribution in [2.75, 3.05) is 19.8 Å². The molecule has 0 saturated heterocycles.